The molecule has 0 saturated carbocycles. The van der Waals surface area contributed by atoms with Gasteiger partial charge in [-0.15, -0.1) is 0 Å². The normalized spacial score (nSPS) is 17.4. The molecule has 1 aromatic rings. The summed E-state index contributed by atoms with van der Waals surface area (Å²) < 4.78 is 0. The van der Waals surface area contributed by atoms with Crippen LogP contribution in [-0.2, 0) is 10.2 Å². The van der Waals surface area contributed by atoms with Crippen molar-refractivity contribution in [1.29, 1.82) is 0 Å². The molecule has 1 fully saturated rings. The number of nitrogens with one attached hydrogen (secondary N) is 3. The molecule has 2 rings (SSSR count). The molecule has 0 spiro atoms. The Morgan fingerprint density at radius 1 is 1.42 bits per heavy atom. The summed E-state index contributed by atoms with van der Waals surface area (Å²) >= 11 is 0. The third kappa shape index (κ3) is 4.06. The van der Waals surface area contributed by atoms with Gasteiger partial charge in [0.1, 0.15) is 0 Å². The molecule has 0 radical (unpaired) electrons. The van der Waals surface area contributed by atoms with Crippen molar-refractivity contribution in [3.05, 3.63) is 11.8 Å². The zero-order valence-electron chi connectivity index (χ0n) is 12.0. The van der Waals surface area contributed by atoms with Crippen LogP contribution in [0.4, 0.5) is 5.82 Å². The van der Waals surface area contributed by atoms with Crippen LogP contribution in [0.1, 0.15) is 45.7 Å². The van der Waals surface area contributed by atoms with Gasteiger partial charge in [-0.05, 0) is 31.8 Å². The van der Waals surface area contributed by atoms with Crippen LogP contribution in [0.5, 0.6) is 0 Å². The summed E-state index contributed by atoms with van der Waals surface area (Å²) in [4.78, 5) is 12.0. The SMILES string of the molecule is CC(C)(C)c1cc(NC(=O)CC2CCNCC2)n[nH]1. The molecular weight excluding hydrogens is 240 g/mol. The highest BCUT2D eigenvalue weighted by Gasteiger charge is 2.19. The van der Waals surface area contributed by atoms with Gasteiger partial charge in [0, 0.05) is 23.6 Å². The number of hydrogen-bond acceptors (Lipinski definition) is 3. The standard InChI is InChI=1S/C14H24N4O/c1-14(2,3)11-9-12(18-17-11)16-13(19)8-10-4-6-15-7-5-10/h9-10,15H,4-8H2,1-3H3,(H2,16,17,18,19). The predicted octanol–water partition coefficient (Wildman–Crippen LogP) is 2.04. The second kappa shape index (κ2) is 5.74. The van der Waals surface area contributed by atoms with E-state index in [4.69, 9.17) is 0 Å². The van der Waals surface area contributed by atoms with Crippen LogP contribution >= 0.6 is 0 Å². The fraction of sp³-hybridized carbons (Fsp3) is 0.714. The number of anilines is 1. The second-order valence-corrected chi connectivity index (χ2v) is 6.36. The molecule has 0 aliphatic carbocycles. The molecule has 0 bridgehead atoms. The van der Waals surface area contributed by atoms with Crippen LogP contribution in [-0.4, -0.2) is 29.2 Å². The summed E-state index contributed by atoms with van der Waals surface area (Å²) in [5.74, 6) is 1.20. The first-order valence-electron chi connectivity index (χ1n) is 7.01. The molecule has 1 amide bonds. The Labute approximate surface area is 114 Å². The van der Waals surface area contributed by atoms with Crippen LogP contribution < -0.4 is 10.6 Å². The van der Waals surface area contributed by atoms with Gasteiger partial charge < -0.3 is 10.6 Å². The number of rotatable bonds is 3. The van der Waals surface area contributed by atoms with E-state index in [0.29, 0.717) is 18.2 Å². The number of amides is 1. The van der Waals surface area contributed by atoms with Gasteiger partial charge in [-0.3, -0.25) is 9.89 Å². The average Bonchev–Trinajstić information content (AvgIpc) is 2.78. The molecule has 0 aromatic carbocycles. The molecular formula is C14H24N4O. The van der Waals surface area contributed by atoms with Gasteiger partial charge in [0.2, 0.25) is 5.91 Å². The lowest BCUT2D eigenvalue weighted by Crippen LogP contribution is -2.30. The van der Waals surface area contributed by atoms with Gasteiger partial charge in [-0.2, -0.15) is 5.10 Å². The Morgan fingerprint density at radius 2 is 2.11 bits per heavy atom. The average molecular weight is 264 g/mol. The first kappa shape index (κ1) is 14.1. The zero-order valence-corrected chi connectivity index (χ0v) is 12.0. The minimum absolute atomic E-state index is 0.0189. The highest BCUT2D eigenvalue weighted by molar-refractivity contribution is 5.89. The third-order valence-corrected chi connectivity index (χ3v) is 3.59. The predicted molar refractivity (Wildman–Crippen MR) is 76.1 cm³/mol. The van der Waals surface area contributed by atoms with Gasteiger partial charge in [-0.25, -0.2) is 0 Å². The molecule has 5 nitrogen and oxygen atoms in total. The Balaban J connectivity index is 1.86. The molecule has 19 heavy (non-hydrogen) atoms. The minimum Gasteiger partial charge on any atom is -0.317 e. The van der Waals surface area contributed by atoms with E-state index >= 15 is 0 Å². The van der Waals surface area contributed by atoms with Crippen LogP contribution in [0.25, 0.3) is 0 Å². The maximum absolute atomic E-state index is 12.0. The molecule has 0 unspecified atom stereocenters. The largest absolute Gasteiger partial charge is 0.317 e. The van der Waals surface area contributed by atoms with Gasteiger partial charge >= 0.3 is 0 Å². The van der Waals surface area contributed by atoms with Crippen LogP contribution in [0, 0.1) is 5.92 Å². The zero-order chi connectivity index (χ0) is 13.9. The molecule has 5 heteroatoms. The first-order valence-corrected chi connectivity index (χ1v) is 7.01. The number of carbonyl (C=O) groups excluding carboxylic acids is 1. The lowest BCUT2D eigenvalue weighted by atomic mass is 9.92. The van der Waals surface area contributed by atoms with Crippen molar-refractivity contribution in [2.75, 3.05) is 18.4 Å². The first-order chi connectivity index (χ1) is 8.95. The fourth-order valence-electron chi connectivity index (χ4n) is 2.31. The molecule has 0 atom stereocenters. The Kier molecular flexibility index (Phi) is 4.24. The number of hydrogen-bond donors (Lipinski definition) is 3. The van der Waals surface area contributed by atoms with Crippen molar-refractivity contribution in [1.82, 2.24) is 15.5 Å². The van der Waals surface area contributed by atoms with Crippen molar-refractivity contribution >= 4 is 11.7 Å². The topological polar surface area (TPSA) is 69.8 Å². The van der Waals surface area contributed by atoms with E-state index in [1.165, 1.54) is 0 Å². The number of H-pyrrole nitrogens is 1. The number of piperidine rings is 1. The smallest absolute Gasteiger partial charge is 0.225 e. The van der Waals surface area contributed by atoms with Crippen molar-refractivity contribution in [2.24, 2.45) is 5.92 Å². The summed E-state index contributed by atoms with van der Waals surface area (Å²) in [6.07, 6.45) is 2.77. The monoisotopic (exact) mass is 264 g/mol. The van der Waals surface area contributed by atoms with Crippen molar-refractivity contribution in [3.63, 3.8) is 0 Å². The van der Waals surface area contributed by atoms with E-state index in [9.17, 15) is 4.79 Å². The summed E-state index contributed by atoms with van der Waals surface area (Å²) in [6.45, 7) is 8.38. The number of aromatic amines is 1. The van der Waals surface area contributed by atoms with E-state index in [1.54, 1.807) is 0 Å². The van der Waals surface area contributed by atoms with Crippen molar-refractivity contribution in [2.45, 2.75) is 45.4 Å². The van der Waals surface area contributed by atoms with Gasteiger partial charge in [0.05, 0.1) is 0 Å². The molecule has 2 heterocycles. The summed E-state index contributed by atoms with van der Waals surface area (Å²) in [6, 6.07) is 1.92. The summed E-state index contributed by atoms with van der Waals surface area (Å²) in [5.41, 5.74) is 1.05. The fourth-order valence-corrected chi connectivity index (χ4v) is 2.31. The maximum atomic E-state index is 12.0. The molecule has 3 N–H and O–H groups in total. The number of aromatic nitrogens is 2. The molecule has 1 aromatic heterocycles. The molecule has 1 saturated heterocycles. The highest BCUT2D eigenvalue weighted by atomic mass is 16.1. The number of carbonyl (C=O) groups is 1. The molecule has 106 valence electrons. The lowest BCUT2D eigenvalue weighted by Gasteiger charge is -2.21. The van der Waals surface area contributed by atoms with Gasteiger partial charge in [0.25, 0.3) is 0 Å². The van der Waals surface area contributed by atoms with Gasteiger partial charge in [-0.1, -0.05) is 20.8 Å². The van der Waals surface area contributed by atoms with E-state index in [0.717, 1.165) is 31.6 Å². The maximum Gasteiger partial charge on any atom is 0.225 e. The lowest BCUT2D eigenvalue weighted by molar-refractivity contribution is -0.117. The third-order valence-electron chi connectivity index (χ3n) is 3.59. The Morgan fingerprint density at radius 3 is 2.68 bits per heavy atom. The van der Waals surface area contributed by atoms with E-state index in [1.807, 2.05) is 6.07 Å². The minimum atomic E-state index is 0.0189. The summed E-state index contributed by atoms with van der Waals surface area (Å²) in [5, 5.41) is 13.3. The van der Waals surface area contributed by atoms with Crippen LogP contribution in [0.15, 0.2) is 6.07 Å². The second-order valence-electron chi connectivity index (χ2n) is 6.36. The van der Waals surface area contributed by atoms with Crippen molar-refractivity contribution in [3.8, 4) is 0 Å². The summed E-state index contributed by atoms with van der Waals surface area (Å²) in [7, 11) is 0. The molecule has 1 aliphatic heterocycles. The Bertz CT molecular complexity index is 427. The van der Waals surface area contributed by atoms with E-state index < -0.39 is 0 Å². The molecule has 1 aliphatic rings. The van der Waals surface area contributed by atoms with E-state index in [-0.39, 0.29) is 11.3 Å². The van der Waals surface area contributed by atoms with Gasteiger partial charge in [0.15, 0.2) is 5.82 Å². The van der Waals surface area contributed by atoms with Crippen LogP contribution in [0.2, 0.25) is 0 Å². The van der Waals surface area contributed by atoms with Crippen molar-refractivity contribution < 1.29 is 4.79 Å². The Hall–Kier alpha value is -1.36. The number of nitrogens with zero attached hydrogens (tertiary/aromatic N) is 1. The van der Waals surface area contributed by atoms with Crippen LogP contribution in [0.3, 0.4) is 0 Å². The quantitative estimate of drug-likeness (QED) is 0.782. The van der Waals surface area contributed by atoms with E-state index in [2.05, 4.69) is 41.6 Å². The highest BCUT2D eigenvalue weighted by Crippen LogP contribution is 2.22.